The van der Waals surface area contributed by atoms with Crippen molar-refractivity contribution in [3.05, 3.63) is 66.2 Å². The first kappa shape index (κ1) is 53.3. The van der Waals surface area contributed by atoms with Crippen LogP contribution in [0.2, 0.25) is 0 Å². The third-order valence-corrected chi connectivity index (χ3v) is 14.5. The van der Waals surface area contributed by atoms with E-state index in [1.54, 1.807) is 36.2 Å². The largest absolute Gasteiger partial charge is 0.370 e. The van der Waals surface area contributed by atoms with Crippen molar-refractivity contribution in [3.8, 4) is 0 Å². The average molecular weight is 927 g/mol. The number of amides is 3. The summed E-state index contributed by atoms with van der Waals surface area (Å²) >= 11 is 0. The van der Waals surface area contributed by atoms with E-state index >= 15 is 14.4 Å². The molecule has 0 spiro atoms. The van der Waals surface area contributed by atoms with Crippen molar-refractivity contribution in [3.63, 3.8) is 0 Å². The molecule has 1 unspecified atom stereocenters. The molecule has 0 aromatic heterocycles. The van der Waals surface area contributed by atoms with Crippen LogP contribution in [0.5, 0.6) is 0 Å². The van der Waals surface area contributed by atoms with Gasteiger partial charge in [0.1, 0.15) is 6.04 Å². The summed E-state index contributed by atoms with van der Waals surface area (Å²) in [6, 6.07) is 14.1. The number of guanidine groups is 1. The first-order valence-electron chi connectivity index (χ1n) is 25.4. The van der Waals surface area contributed by atoms with Gasteiger partial charge in [-0.05, 0) is 114 Å². The van der Waals surface area contributed by atoms with E-state index in [4.69, 9.17) is 22.9 Å². The van der Waals surface area contributed by atoms with Crippen molar-refractivity contribution in [2.45, 2.75) is 171 Å². The lowest BCUT2D eigenvalue weighted by atomic mass is 9.68. The standard InChI is InChI=1S/C52H82N10O5/c1-37(63)62(41-26-13-6-14-27-41)52(47(64)42(54)34-38-20-7-3-8-21-38,46(36-40-24-11-5-12-25-40)58-31-17-18-32-59-51(55)56)48(65)45-29-19-33-61(45)50(67)43(28-15-16-30-53)60-49(66)44(57-2)35-39-22-9-4-10-23-39/h4,6,9-10,13-14,22-23,26-27,38,40,42-46,57-58H,3,5,7-8,11-12,15-21,24-25,28-36,53-54H2,1-2H3,(H,60,66)(H4,55,56,59)/t42-,43+,44+,45+,46+,52?/m1/s1. The SMILES string of the molecule is CN[C@@H](Cc1ccccc1)C(=O)N[C@@H](CCCCN)C(=O)N1CCC[C@H]1C(=O)C(C(=O)[C@H](N)CC1CCCCC1)([C@H](CC1CCCCC1)NCCCCN=C(N)N)N(C(C)=O)c1ccccc1. The van der Waals surface area contributed by atoms with Gasteiger partial charge in [0, 0.05) is 31.7 Å². The zero-order valence-electron chi connectivity index (χ0n) is 40.5. The van der Waals surface area contributed by atoms with Crippen molar-refractivity contribution >= 4 is 40.9 Å². The number of rotatable bonds is 27. The minimum absolute atomic E-state index is 0.0103. The van der Waals surface area contributed by atoms with E-state index in [2.05, 4.69) is 20.9 Å². The Balaban J connectivity index is 1.63. The lowest BCUT2D eigenvalue weighted by Gasteiger charge is -2.50. The highest BCUT2D eigenvalue weighted by molar-refractivity contribution is 6.23. The van der Waals surface area contributed by atoms with Crippen LogP contribution in [0.1, 0.15) is 134 Å². The number of unbranched alkanes of at least 4 members (excludes halogenated alkanes) is 2. The molecule has 15 nitrogen and oxygen atoms in total. The molecule has 5 rings (SSSR count). The maximum Gasteiger partial charge on any atom is 0.245 e. The first-order chi connectivity index (χ1) is 32.4. The van der Waals surface area contributed by atoms with Crippen LogP contribution < -0.4 is 43.8 Å². The number of Topliss-reactive ketones (excluding diaryl/α,β-unsaturated/α-hetero) is 2. The van der Waals surface area contributed by atoms with E-state index in [1.165, 1.54) is 11.8 Å². The Bertz CT molecular complexity index is 1890. The van der Waals surface area contributed by atoms with Gasteiger partial charge in [0.25, 0.3) is 0 Å². The Labute approximate surface area is 399 Å². The minimum atomic E-state index is -2.14. The molecular formula is C52H82N10O5. The molecule has 1 heterocycles. The monoisotopic (exact) mass is 927 g/mol. The molecule has 1 saturated heterocycles. The molecule has 6 atom stereocenters. The maximum atomic E-state index is 16.6. The maximum absolute atomic E-state index is 16.6. The number of hydrogen-bond donors (Lipinski definition) is 7. The van der Waals surface area contributed by atoms with Crippen LogP contribution in [0, 0.1) is 11.8 Å². The second-order valence-electron chi connectivity index (χ2n) is 19.4. The number of nitrogens with zero attached hydrogens (tertiary/aromatic N) is 3. The number of hydrogen-bond acceptors (Lipinski definition) is 10. The fourth-order valence-electron chi connectivity index (χ4n) is 11.1. The number of likely N-dealkylation sites (N-methyl/N-ethyl adjacent to an activating group) is 1. The Hall–Kier alpha value is -4.70. The molecule has 2 aromatic carbocycles. The predicted octanol–water partition coefficient (Wildman–Crippen LogP) is 4.63. The number of carbonyl (C=O) groups excluding carboxylic acids is 5. The van der Waals surface area contributed by atoms with Crippen molar-refractivity contribution in [2.75, 3.05) is 38.1 Å². The van der Waals surface area contributed by atoms with Gasteiger partial charge in [-0.2, -0.15) is 0 Å². The van der Waals surface area contributed by atoms with Gasteiger partial charge in [0.05, 0.1) is 18.1 Å². The molecule has 3 fully saturated rings. The Morgan fingerprint density at radius 2 is 1.42 bits per heavy atom. The number of benzene rings is 2. The zero-order chi connectivity index (χ0) is 48.2. The molecule has 67 heavy (non-hydrogen) atoms. The molecule has 370 valence electrons. The number of anilines is 1. The van der Waals surface area contributed by atoms with E-state index in [0.717, 1.165) is 69.8 Å². The van der Waals surface area contributed by atoms with Gasteiger partial charge in [-0.1, -0.05) is 113 Å². The Kier molecular flexibility index (Phi) is 21.7. The van der Waals surface area contributed by atoms with Crippen molar-refractivity contribution in [1.29, 1.82) is 0 Å². The lowest BCUT2D eigenvalue weighted by Crippen LogP contribution is -2.77. The lowest BCUT2D eigenvalue weighted by molar-refractivity contribution is -0.148. The van der Waals surface area contributed by atoms with Crippen molar-refractivity contribution < 1.29 is 24.0 Å². The molecule has 0 radical (unpaired) electrons. The summed E-state index contributed by atoms with van der Waals surface area (Å²) in [6.45, 7) is 2.90. The second-order valence-corrected chi connectivity index (χ2v) is 19.4. The van der Waals surface area contributed by atoms with Crippen molar-refractivity contribution in [1.82, 2.24) is 20.9 Å². The van der Waals surface area contributed by atoms with Crippen LogP contribution in [0.4, 0.5) is 5.69 Å². The summed E-state index contributed by atoms with van der Waals surface area (Å²) in [5.41, 5.74) is 23.6. The van der Waals surface area contributed by atoms with E-state index in [0.29, 0.717) is 83.1 Å². The van der Waals surface area contributed by atoms with Gasteiger partial charge in [0.2, 0.25) is 17.7 Å². The van der Waals surface area contributed by atoms with Crippen LogP contribution in [-0.4, -0.2) is 109 Å². The van der Waals surface area contributed by atoms with Crippen LogP contribution in [0.15, 0.2) is 65.7 Å². The van der Waals surface area contributed by atoms with E-state index in [1.807, 2.05) is 36.4 Å². The quantitative estimate of drug-likeness (QED) is 0.0282. The third kappa shape index (κ3) is 14.7. The van der Waals surface area contributed by atoms with E-state index in [9.17, 15) is 9.59 Å². The van der Waals surface area contributed by atoms with Crippen molar-refractivity contribution in [2.24, 2.45) is 39.8 Å². The van der Waals surface area contributed by atoms with Gasteiger partial charge in [-0.15, -0.1) is 0 Å². The fourth-order valence-corrected chi connectivity index (χ4v) is 11.1. The minimum Gasteiger partial charge on any atom is -0.370 e. The average Bonchev–Trinajstić information content (AvgIpc) is 3.83. The van der Waals surface area contributed by atoms with Crippen LogP contribution >= 0.6 is 0 Å². The molecule has 0 bridgehead atoms. The van der Waals surface area contributed by atoms with E-state index < -0.39 is 59.1 Å². The highest BCUT2D eigenvalue weighted by Crippen LogP contribution is 2.40. The summed E-state index contributed by atoms with van der Waals surface area (Å²) in [5, 5.41) is 9.93. The summed E-state index contributed by atoms with van der Waals surface area (Å²) < 4.78 is 0. The number of ketones is 2. The normalized spacial score (nSPS) is 19.6. The number of nitrogens with two attached hydrogens (primary N) is 4. The number of para-hydroxylation sites is 1. The van der Waals surface area contributed by atoms with E-state index in [-0.39, 0.29) is 36.7 Å². The molecule has 15 heteroatoms. The number of carbonyl (C=O) groups is 5. The third-order valence-electron chi connectivity index (χ3n) is 14.5. The molecule has 3 amide bonds. The molecule has 2 aromatic rings. The summed E-state index contributed by atoms with van der Waals surface area (Å²) in [6.07, 6.45) is 15.0. The van der Waals surface area contributed by atoms with Crippen LogP contribution in [0.25, 0.3) is 0 Å². The number of likely N-dealkylation sites (tertiary alicyclic amines) is 1. The fraction of sp³-hybridized carbons (Fsp3) is 0.654. The summed E-state index contributed by atoms with van der Waals surface area (Å²) in [4.78, 5) is 84.0. The highest BCUT2D eigenvalue weighted by atomic mass is 16.2. The van der Waals surface area contributed by atoms with Gasteiger partial charge >= 0.3 is 0 Å². The second kappa shape index (κ2) is 27.3. The number of nitrogens with one attached hydrogen (secondary N) is 3. The first-order valence-corrected chi connectivity index (χ1v) is 25.4. The smallest absolute Gasteiger partial charge is 0.245 e. The Morgan fingerprint density at radius 1 is 0.791 bits per heavy atom. The summed E-state index contributed by atoms with van der Waals surface area (Å²) in [5.74, 6) is -1.83. The Morgan fingerprint density at radius 3 is 2.01 bits per heavy atom. The topological polar surface area (TPSA) is 244 Å². The van der Waals surface area contributed by atoms with Crippen LogP contribution in [0.3, 0.4) is 0 Å². The van der Waals surface area contributed by atoms with Crippen LogP contribution in [-0.2, 0) is 30.4 Å². The van der Waals surface area contributed by atoms with Gasteiger partial charge in [-0.3, -0.25) is 33.9 Å². The van der Waals surface area contributed by atoms with Gasteiger partial charge in [-0.25, -0.2) is 0 Å². The van der Waals surface area contributed by atoms with Gasteiger partial charge in [0.15, 0.2) is 23.1 Å². The van der Waals surface area contributed by atoms with Gasteiger partial charge < -0.3 is 43.8 Å². The molecule has 11 N–H and O–H groups in total. The highest BCUT2D eigenvalue weighted by Gasteiger charge is 2.62. The molecule has 1 aliphatic heterocycles. The molecule has 2 aliphatic carbocycles. The molecular weight excluding hydrogens is 845 g/mol. The molecule has 3 aliphatic rings. The predicted molar refractivity (Wildman–Crippen MR) is 267 cm³/mol. The number of aliphatic imine (C=N–C) groups is 1. The summed E-state index contributed by atoms with van der Waals surface area (Å²) in [7, 11) is 1.72. The zero-order valence-corrected chi connectivity index (χ0v) is 40.5. The molecule has 2 saturated carbocycles.